The lowest BCUT2D eigenvalue weighted by atomic mass is 9.84. The van der Waals surface area contributed by atoms with E-state index in [1.165, 1.54) is 23.5 Å². The number of nitrogens with one attached hydrogen (secondary N) is 1. The highest BCUT2D eigenvalue weighted by Crippen LogP contribution is 2.33. The number of anilines is 2. The molecule has 8 nitrogen and oxygen atoms in total. The first-order chi connectivity index (χ1) is 15.8. The van der Waals surface area contributed by atoms with Crippen molar-refractivity contribution in [2.75, 3.05) is 49.6 Å². The number of halogens is 2. The van der Waals surface area contributed by atoms with Gasteiger partial charge in [0.05, 0.1) is 12.3 Å². The fourth-order valence-electron chi connectivity index (χ4n) is 4.21. The minimum Gasteiger partial charge on any atom is -0.433 e. The lowest BCUT2D eigenvalue weighted by molar-refractivity contribution is -0.125. The Morgan fingerprint density at radius 2 is 2.12 bits per heavy atom. The highest BCUT2D eigenvalue weighted by Gasteiger charge is 2.30. The van der Waals surface area contributed by atoms with Crippen molar-refractivity contribution in [3.8, 4) is 5.75 Å². The number of ether oxygens (including phenoxy) is 2. The van der Waals surface area contributed by atoms with Crippen LogP contribution in [0, 0.1) is 11.8 Å². The van der Waals surface area contributed by atoms with Crippen LogP contribution in [0.4, 0.5) is 20.2 Å². The number of carbonyl (C=O) groups excluding carboxylic acids is 2. The predicted molar refractivity (Wildman–Crippen MR) is 121 cm³/mol. The second kappa shape index (κ2) is 11.7. The second-order valence-corrected chi connectivity index (χ2v) is 9.04. The normalized spacial score (nSPS) is 18.1. The summed E-state index contributed by atoms with van der Waals surface area (Å²) in [4.78, 5) is 28.8. The van der Waals surface area contributed by atoms with Crippen LogP contribution in [0.25, 0.3) is 0 Å². The molecular weight excluding hydrogens is 434 g/mol. The largest absolute Gasteiger partial charge is 0.433 e. The van der Waals surface area contributed by atoms with Crippen molar-refractivity contribution in [1.82, 2.24) is 4.90 Å². The molecule has 0 bridgehead atoms. The summed E-state index contributed by atoms with van der Waals surface area (Å²) in [6.07, 6.45) is 3.48. The van der Waals surface area contributed by atoms with Gasteiger partial charge in [-0.3, -0.25) is 14.5 Å². The Labute approximate surface area is 193 Å². The zero-order chi connectivity index (χ0) is 24.0. The van der Waals surface area contributed by atoms with Gasteiger partial charge in [0.25, 0.3) is 5.91 Å². The van der Waals surface area contributed by atoms with E-state index in [0.29, 0.717) is 37.2 Å². The molecule has 1 aliphatic carbocycles. The van der Waals surface area contributed by atoms with Gasteiger partial charge in [0.15, 0.2) is 5.75 Å². The number of morpholine rings is 1. The summed E-state index contributed by atoms with van der Waals surface area (Å²) < 4.78 is 36.0. The molecule has 3 N–H and O–H groups in total. The first-order valence-corrected chi connectivity index (χ1v) is 11.5. The topological polar surface area (TPSA) is 97.1 Å². The van der Waals surface area contributed by atoms with Gasteiger partial charge in [0, 0.05) is 37.9 Å². The Morgan fingerprint density at radius 3 is 2.70 bits per heavy atom. The van der Waals surface area contributed by atoms with E-state index in [1.807, 2.05) is 0 Å². The number of rotatable bonds is 11. The molecule has 2 amide bonds. The quantitative estimate of drug-likeness (QED) is 0.518. The molecule has 1 atom stereocenters. The third-order valence-corrected chi connectivity index (χ3v) is 6.02. The van der Waals surface area contributed by atoms with Crippen LogP contribution in [-0.2, 0) is 14.3 Å². The molecule has 0 unspecified atom stereocenters. The Bertz CT molecular complexity index is 820. The third-order valence-electron chi connectivity index (χ3n) is 6.02. The van der Waals surface area contributed by atoms with Gasteiger partial charge < -0.3 is 25.4 Å². The van der Waals surface area contributed by atoms with Gasteiger partial charge >= 0.3 is 6.61 Å². The van der Waals surface area contributed by atoms with Crippen molar-refractivity contribution in [2.24, 2.45) is 17.6 Å². The van der Waals surface area contributed by atoms with E-state index < -0.39 is 12.7 Å². The number of nitrogens with zero attached hydrogens (tertiary/aromatic N) is 2. The number of hydrogen-bond acceptors (Lipinski definition) is 6. The van der Waals surface area contributed by atoms with Crippen molar-refractivity contribution in [3.63, 3.8) is 0 Å². The molecule has 2 fully saturated rings. The van der Waals surface area contributed by atoms with Crippen LogP contribution in [0.3, 0.4) is 0 Å². The Balaban J connectivity index is 1.79. The molecule has 0 aromatic heterocycles. The van der Waals surface area contributed by atoms with Gasteiger partial charge in [-0.2, -0.15) is 8.78 Å². The average molecular weight is 469 g/mol. The van der Waals surface area contributed by atoms with Crippen LogP contribution in [-0.4, -0.2) is 68.8 Å². The van der Waals surface area contributed by atoms with Crippen LogP contribution < -0.4 is 20.7 Å². The highest BCUT2D eigenvalue weighted by molar-refractivity contribution is 5.98. The maximum atomic E-state index is 13.2. The van der Waals surface area contributed by atoms with Gasteiger partial charge in [-0.1, -0.05) is 20.3 Å². The SMILES string of the molecule is CC(C)CN(CC1CCC1)[C@H](CN)C(=O)Nc1ccc(N2CCOCC2=O)cc1OC(F)F. The van der Waals surface area contributed by atoms with E-state index >= 15 is 0 Å². The minimum atomic E-state index is -3.09. The Kier molecular flexibility index (Phi) is 8.99. The number of benzene rings is 1. The van der Waals surface area contributed by atoms with Crippen LogP contribution in [0.2, 0.25) is 0 Å². The molecule has 33 heavy (non-hydrogen) atoms. The van der Waals surface area contributed by atoms with E-state index in [2.05, 4.69) is 28.8 Å². The molecule has 1 heterocycles. The summed E-state index contributed by atoms with van der Waals surface area (Å²) in [5.41, 5.74) is 6.49. The second-order valence-electron chi connectivity index (χ2n) is 9.04. The first-order valence-electron chi connectivity index (χ1n) is 11.5. The molecular formula is C23H34F2N4O4. The smallest absolute Gasteiger partial charge is 0.387 e. The molecule has 0 radical (unpaired) electrons. The molecule has 3 rings (SSSR count). The zero-order valence-corrected chi connectivity index (χ0v) is 19.3. The lowest BCUT2D eigenvalue weighted by Crippen LogP contribution is -2.52. The van der Waals surface area contributed by atoms with E-state index in [1.54, 1.807) is 6.07 Å². The summed E-state index contributed by atoms with van der Waals surface area (Å²) in [7, 11) is 0. The number of hydrogen-bond donors (Lipinski definition) is 2. The van der Waals surface area contributed by atoms with Crippen molar-refractivity contribution >= 4 is 23.2 Å². The van der Waals surface area contributed by atoms with Crippen LogP contribution in [0.5, 0.6) is 5.75 Å². The van der Waals surface area contributed by atoms with Crippen molar-refractivity contribution in [3.05, 3.63) is 18.2 Å². The standard InChI is InChI=1S/C23H34F2N4O4/c1-15(2)12-28(13-16-4-3-5-16)19(11-26)22(31)27-18-7-6-17(10-20(18)33-23(24)25)29-8-9-32-14-21(29)30/h6-7,10,15-16,19,23H,3-5,8-9,11-14,26H2,1-2H3,(H,27,31)/t19-/m1/s1. The predicted octanol–water partition coefficient (Wildman–Crippen LogP) is 2.68. The molecule has 1 saturated carbocycles. The highest BCUT2D eigenvalue weighted by atomic mass is 19.3. The average Bonchev–Trinajstić information content (AvgIpc) is 2.72. The third kappa shape index (κ3) is 6.84. The number of carbonyl (C=O) groups is 2. The van der Waals surface area contributed by atoms with Crippen molar-refractivity contribution < 1.29 is 27.8 Å². The van der Waals surface area contributed by atoms with Gasteiger partial charge in [-0.05, 0) is 36.8 Å². The summed E-state index contributed by atoms with van der Waals surface area (Å²) in [6.45, 7) is 3.26. The molecule has 1 aliphatic heterocycles. The molecule has 0 spiro atoms. The molecule has 184 valence electrons. The maximum absolute atomic E-state index is 13.2. The van der Waals surface area contributed by atoms with E-state index in [-0.39, 0.29) is 36.4 Å². The van der Waals surface area contributed by atoms with E-state index in [0.717, 1.165) is 19.4 Å². The van der Waals surface area contributed by atoms with Crippen LogP contribution >= 0.6 is 0 Å². The zero-order valence-electron chi connectivity index (χ0n) is 19.3. The molecule has 1 aromatic rings. The summed E-state index contributed by atoms with van der Waals surface area (Å²) in [5.74, 6) is 0.0420. The van der Waals surface area contributed by atoms with Crippen molar-refractivity contribution in [1.29, 1.82) is 0 Å². The Hall–Kier alpha value is -2.30. The summed E-state index contributed by atoms with van der Waals surface area (Å²) in [5, 5.41) is 2.72. The maximum Gasteiger partial charge on any atom is 0.387 e. The minimum absolute atomic E-state index is 0.0750. The molecule has 1 aromatic carbocycles. The monoisotopic (exact) mass is 468 g/mol. The van der Waals surface area contributed by atoms with E-state index in [4.69, 9.17) is 10.5 Å². The summed E-state index contributed by atoms with van der Waals surface area (Å²) in [6, 6.07) is 3.81. The van der Waals surface area contributed by atoms with Crippen molar-refractivity contribution in [2.45, 2.75) is 45.8 Å². The lowest BCUT2D eigenvalue weighted by Gasteiger charge is -2.37. The number of nitrogens with two attached hydrogens (primary N) is 1. The molecule has 1 saturated heterocycles. The number of alkyl halides is 2. The summed E-state index contributed by atoms with van der Waals surface area (Å²) >= 11 is 0. The van der Waals surface area contributed by atoms with Gasteiger partial charge in [-0.15, -0.1) is 0 Å². The van der Waals surface area contributed by atoms with Gasteiger partial charge in [0.1, 0.15) is 12.6 Å². The Morgan fingerprint density at radius 1 is 1.36 bits per heavy atom. The van der Waals surface area contributed by atoms with Crippen LogP contribution in [0.1, 0.15) is 33.1 Å². The van der Waals surface area contributed by atoms with Gasteiger partial charge in [0.2, 0.25) is 5.91 Å². The number of amides is 2. The van der Waals surface area contributed by atoms with E-state index in [9.17, 15) is 18.4 Å². The first kappa shape index (κ1) is 25.3. The fraction of sp³-hybridized carbons (Fsp3) is 0.652. The molecule has 2 aliphatic rings. The van der Waals surface area contributed by atoms with Gasteiger partial charge in [-0.25, -0.2) is 0 Å². The molecule has 10 heteroatoms. The van der Waals surface area contributed by atoms with Crippen LogP contribution in [0.15, 0.2) is 18.2 Å². The fourth-order valence-corrected chi connectivity index (χ4v) is 4.21.